The SMILES string of the molecule is Cc1ccc(S(=O)(=O)N[C@H](C(=O)N2C[C@H]3[C@@H]([C@H]2C)C3(C)C)C(C)(C)C)cc1. The van der Waals surface area contributed by atoms with Crippen molar-refractivity contribution < 1.29 is 13.2 Å². The summed E-state index contributed by atoms with van der Waals surface area (Å²) in [4.78, 5) is 15.4. The number of likely N-dealkylation sites (tertiary alicyclic amines) is 1. The van der Waals surface area contributed by atoms with E-state index < -0.39 is 21.5 Å². The van der Waals surface area contributed by atoms with Gasteiger partial charge in [0.2, 0.25) is 15.9 Å². The van der Waals surface area contributed by atoms with Crippen LogP contribution in [0.4, 0.5) is 0 Å². The summed E-state index contributed by atoms with van der Waals surface area (Å²) < 4.78 is 28.5. The Bertz CT molecular complexity index is 837. The average molecular weight is 393 g/mol. The summed E-state index contributed by atoms with van der Waals surface area (Å²) >= 11 is 0. The maximum Gasteiger partial charge on any atom is 0.241 e. The van der Waals surface area contributed by atoms with Gasteiger partial charge in [-0.1, -0.05) is 52.3 Å². The Hall–Kier alpha value is -1.40. The number of carbonyl (C=O) groups excluding carboxylic acids is 1. The third-order valence-corrected chi connectivity index (χ3v) is 7.98. The smallest absolute Gasteiger partial charge is 0.241 e. The summed E-state index contributed by atoms with van der Waals surface area (Å²) in [6.45, 7) is 14.9. The van der Waals surface area contributed by atoms with Gasteiger partial charge in [0.15, 0.2) is 0 Å². The number of hydrogen-bond donors (Lipinski definition) is 1. The van der Waals surface area contributed by atoms with Gasteiger partial charge in [0.25, 0.3) is 0 Å². The Morgan fingerprint density at radius 1 is 1.22 bits per heavy atom. The monoisotopic (exact) mass is 392 g/mol. The maximum atomic E-state index is 13.3. The van der Waals surface area contributed by atoms with E-state index in [-0.39, 0.29) is 22.3 Å². The van der Waals surface area contributed by atoms with Crippen LogP contribution in [0.15, 0.2) is 29.2 Å². The van der Waals surface area contributed by atoms with Crippen molar-refractivity contribution >= 4 is 15.9 Å². The summed E-state index contributed by atoms with van der Waals surface area (Å²) in [6.07, 6.45) is 0. The lowest BCUT2D eigenvalue weighted by atomic mass is 9.86. The molecule has 0 aromatic heterocycles. The van der Waals surface area contributed by atoms with Crippen LogP contribution < -0.4 is 4.72 Å². The lowest BCUT2D eigenvalue weighted by Gasteiger charge is -2.37. The molecular formula is C21H32N2O3S. The van der Waals surface area contributed by atoms with E-state index in [9.17, 15) is 13.2 Å². The fourth-order valence-corrected chi connectivity index (χ4v) is 6.06. The molecule has 1 aliphatic carbocycles. The summed E-state index contributed by atoms with van der Waals surface area (Å²) in [7, 11) is -3.77. The highest BCUT2D eigenvalue weighted by molar-refractivity contribution is 7.89. The highest BCUT2D eigenvalue weighted by Gasteiger charge is 2.66. The number of rotatable bonds is 4. The lowest BCUT2D eigenvalue weighted by molar-refractivity contribution is -0.137. The predicted octanol–water partition coefficient (Wildman–Crippen LogP) is 3.19. The molecule has 1 aliphatic heterocycles. The van der Waals surface area contributed by atoms with E-state index in [2.05, 4.69) is 25.5 Å². The molecule has 4 atom stereocenters. The summed E-state index contributed by atoms with van der Waals surface area (Å²) in [5, 5.41) is 0. The van der Waals surface area contributed by atoms with Gasteiger partial charge >= 0.3 is 0 Å². The Labute approximate surface area is 163 Å². The van der Waals surface area contributed by atoms with Gasteiger partial charge in [0, 0.05) is 12.6 Å². The number of hydrogen-bond acceptors (Lipinski definition) is 3. The van der Waals surface area contributed by atoms with Crippen molar-refractivity contribution in [2.24, 2.45) is 22.7 Å². The molecule has 150 valence electrons. The molecule has 2 fully saturated rings. The zero-order valence-corrected chi connectivity index (χ0v) is 18.2. The number of piperidine rings is 1. The first-order valence-corrected chi connectivity index (χ1v) is 11.1. The molecule has 1 saturated heterocycles. The standard InChI is InChI=1S/C21H32N2O3S/c1-13-8-10-15(11-9-13)27(25,26)22-18(20(3,4)5)19(24)23-12-16-17(14(23)2)21(16,6)7/h8-11,14,16-18,22H,12H2,1-7H3/t14-,16+,17-,18-/m1/s1. The Kier molecular flexibility index (Phi) is 4.75. The van der Waals surface area contributed by atoms with Gasteiger partial charge in [-0.3, -0.25) is 4.79 Å². The van der Waals surface area contributed by atoms with Gasteiger partial charge < -0.3 is 4.90 Å². The number of carbonyl (C=O) groups is 1. The topological polar surface area (TPSA) is 66.5 Å². The van der Waals surface area contributed by atoms with Crippen LogP contribution in [0, 0.1) is 29.6 Å². The molecule has 5 nitrogen and oxygen atoms in total. The van der Waals surface area contributed by atoms with Crippen LogP contribution >= 0.6 is 0 Å². The maximum absolute atomic E-state index is 13.3. The molecule has 3 rings (SSSR count). The highest BCUT2D eigenvalue weighted by atomic mass is 32.2. The van der Waals surface area contributed by atoms with Gasteiger partial charge in [-0.15, -0.1) is 0 Å². The zero-order valence-electron chi connectivity index (χ0n) is 17.4. The molecule has 1 saturated carbocycles. The molecule has 1 amide bonds. The van der Waals surface area contributed by atoms with E-state index in [1.807, 2.05) is 32.6 Å². The molecule has 1 aromatic rings. The van der Waals surface area contributed by atoms with Crippen LogP contribution in [0.2, 0.25) is 0 Å². The minimum Gasteiger partial charge on any atom is -0.338 e. The quantitative estimate of drug-likeness (QED) is 0.856. The van der Waals surface area contributed by atoms with Gasteiger partial charge in [-0.2, -0.15) is 4.72 Å². The van der Waals surface area contributed by atoms with Crippen LogP contribution in [-0.2, 0) is 14.8 Å². The number of fused-ring (bicyclic) bond motifs is 1. The molecule has 0 radical (unpaired) electrons. The second-order valence-corrected chi connectivity index (χ2v) is 11.6. The third-order valence-electron chi connectivity index (χ3n) is 6.54. The minimum absolute atomic E-state index is 0.117. The number of amides is 1. The summed E-state index contributed by atoms with van der Waals surface area (Å²) in [5.74, 6) is 0.912. The van der Waals surface area contributed by atoms with Crippen molar-refractivity contribution in [3.05, 3.63) is 29.8 Å². The van der Waals surface area contributed by atoms with Gasteiger partial charge in [0.1, 0.15) is 6.04 Å². The Morgan fingerprint density at radius 3 is 2.22 bits per heavy atom. The molecule has 1 aromatic carbocycles. The normalized spacial score (nSPS) is 28.0. The van der Waals surface area contributed by atoms with Crippen molar-refractivity contribution in [1.82, 2.24) is 9.62 Å². The van der Waals surface area contributed by atoms with E-state index in [0.29, 0.717) is 11.8 Å². The number of aryl methyl sites for hydroxylation is 1. The molecule has 2 aliphatic rings. The number of nitrogens with zero attached hydrogens (tertiary/aromatic N) is 1. The van der Waals surface area contributed by atoms with E-state index in [4.69, 9.17) is 0 Å². The van der Waals surface area contributed by atoms with Gasteiger partial charge in [-0.05, 0) is 48.6 Å². The molecular weight excluding hydrogens is 360 g/mol. The minimum atomic E-state index is -3.77. The van der Waals surface area contributed by atoms with Crippen molar-refractivity contribution in [1.29, 1.82) is 0 Å². The third kappa shape index (κ3) is 3.54. The van der Waals surface area contributed by atoms with E-state index in [1.54, 1.807) is 24.3 Å². The number of benzene rings is 1. The Morgan fingerprint density at radius 2 is 1.78 bits per heavy atom. The van der Waals surface area contributed by atoms with Gasteiger partial charge in [-0.25, -0.2) is 8.42 Å². The van der Waals surface area contributed by atoms with E-state index in [0.717, 1.165) is 12.1 Å². The molecule has 1 heterocycles. The number of sulfonamides is 1. The van der Waals surface area contributed by atoms with Crippen LogP contribution in [0.3, 0.4) is 0 Å². The van der Waals surface area contributed by atoms with Crippen LogP contribution in [0.25, 0.3) is 0 Å². The van der Waals surface area contributed by atoms with Crippen molar-refractivity contribution in [2.45, 2.75) is 65.4 Å². The second kappa shape index (κ2) is 6.31. The Balaban J connectivity index is 1.83. The molecule has 6 heteroatoms. The fourth-order valence-electron chi connectivity index (χ4n) is 4.66. The van der Waals surface area contributed by atoms with Crippen molar-refractivity contribution in [2.75, 3.05) is 6.54 Å². The van der Waals surface area contributed by atoms with Crippen LogP contribution in [0.1, 0.15) is 47.1 Å². The lowest BCUT2D eigenvalue weighted by Crippen LogP contribution is -2.56. The van der Waals surface area contributed by atoms with Crippen molar-refractivity contribution in [3.8, 4) is 0 Å². The number of nitrogens with one attached hydrogen (secondary N) is 1. The molecule has 0 spiro atoms. The van der Waals surface area contributed by atoms with Crippen LogP contribution in [0.5, 0.6) is 0 Å². The van der Waals surface area contributed by atoms with E-state index in [1.165, 1.54) is 0 Å². The highest BCUT2D eigenvalue weighted by Crippen LogP contribution is 2.64. The summed E-state index contributed by atoms with van der Waals surface area (Å²) in [5.41, 5.74) is 0.747. The largest absolute Gasteiger partial charge is 0.338 e. The molecule has 27 heavy (non-hydrogen) atoms. The van der Waals surface area contributed by atoms with Gasteiger partial charge in [0.05, 0.1) is 4.90 Å². The van der Waals surface area contributed by atoms with Crippen LogP contribution in [-0.4, -0.2) is 37.9 Å². The van der Waals surface area contributed by atoms with E-state index >= 15 is 0 Å². The first-order valence-electron chi connectivity index (χ1n) is 9.66. The summed E-state index contributed by atoms with van der Waals surface area (Å²) in [6, 6.07) is 6.04. The average Bonchev–Trinajstić information content (AvgIpc) is 2.88. The zero-order chi connectivity index (χ0) is 20.4. The molecule has 0 unspecified atom stereocenters. The first-order chi connectivity index (χ1) is 12.3. The molecule has 1 N–H and O–H groups in total. The second-order valence-electron chi connectivity index (χ2n) is 9.92. The molecule has 0 bridgehead atoms. The van der Waals surface area contributed by atoms with Crippen molar-refractivity contribution in [3.63, 3.8) is 0 Å². The first kappa shape index (κ1) is 20.3. The fraction of sp³-hybridized carbons (Fsp3) is 0.667. The predicted molar refractivity (Wildman–Crippen MR) is 107 cm³/mol.